The molecular formula is C14H21ClN2O5. The van der Waals surface area contributed by atoms with Gasteiger partial charge in [0.2, 0.25) is 5.91 Å². The van der Waals surface area contributed by atoms with Crippen molar-refractivity contribution in [2.45, 2.75) is 25.8 Å². The van der Waals surface area contributed by atoms with Crippen LogP contribution in [-0.4, -0.2) is 40.8 Å². The number of benzene rings is 1. The lowest BCUT2D eigenvalue weighted by Crippen LogP contribution is -2.48. The first kappa shape index (κ1) is 20.0. The molecule has 0 radical (unpaired) electrons. The highest BCUT2D eigenvalue weighted by Crippen LogP contribution is 2.26. The molecule has 0 unspecified atom stereocenters. The Hall–Kier alpha value is -1.99. The summed E-state index contributed by atoms with van der Waals surface area (Å²) in [5.41, 5.74) is 5.23. The van der Waals surface area contributed by atoms with Crippen molar-refractivity contribution >= 4 is 24.3 Å². The summed E-state index contributed by atoms with van der Waals surface area (Å²) in [5, 5.41) is 21.1. The van der Waals surface area contributed by atoms with Crippen molar-refractivity contribution in [1.29, 1.82) is 0 Å². The lowest BCUT2D eigenvalue weighted by atomic mass is 9.94. The van der Waals surface area contributed by atoms with Crippen LogP contribution in [0, 0.1) is 0 Å². The topological polar surface area (TPSA) is 122 Å². The number of carbonyl (C=O) groups is 2. The Kier molecular flexibility index (Phi) is 7.69. The van der Waals surface area contributed by atoms with Crippen LogP contribution in [-0.2, 0) is 20.7 Å². The highest BCUT2D eigenvalue weighted by Gasteiger charge is 2.30. The van der Waals surface area contributed by atoms with E-state index in [1.807, 2.05) is 0 Å². The number of carbonyl (C=O) groups excluding carboxylic acids is 2. The summed E-state index contributed by atoms with van der Waals surface area (Å²) in [7, 11) is 0. The van der Waals surface area contributed by atoms with Crippen LogP contribution in [0.3, 0.4) is 0 Å². The lowest BCUT2D eigenvalue weighted by molar-refractivity contribution is -0.149. The summed E-state index contributed by atoms with van der Waals surface area (Å²) in [6, 6.07) is 4.22. The summed E-state index contributed by atoms with van der Waals surface area (Å²) < 4.78 is 4.99. The first-order valence-electron chi connectivity index (χ1n) is 6.44. The van der Waals surface area contributed by atoms with Gasteiger partial charge in [0.1, 0.15) is 12.1 Å². The zero-order chi connectivity index (χ0) is 16.0. The molecule has 0 heterocycles. The Labute approximate surface area is 134 Å². The fraction of sp³-hybridized carbons (Fsp3) is 0.429. The van der Waals surface area contributed by atoms with E-state index in [-0.39, 0.29) is 49.4 Å². The van der Waals surface area contributed by atoms with Crippen molar-refractivity contribution in [3.05, 3.63) is 23.8 Å². The van der Waals surface area contributed by atoms with Crippen molar-refractivity contribution in [3.63, 3.8) is 0 Å². The smallest absolute Gasteiger partial charge is 0.326 e. The number of phenols is 2. The van der Waals surface area contributed by atoms with Crippen LogP contribution in [0.1, 0.15) is 19.4 Å². The molecule has 5 N–H and O–H groups in total. The third-order valence-corrected chi connectivity index (χ3v) is 2.79. The number of rotatable bonds is 6. The number of nitrogens with one attached hydrogen (secondary N) is 1. The molecule has 0 spiro atoms. The van der Waals surface area contributed by atoms with Crippen molar-refractivity contribution in [2.75, 3.05) is 13.2 Å². The first-order valence-corrected chi connectivity index (χ1v) is 6.44. The molecule has 124 valence electrons. The van der Waals surface area contributed by atoms with Gasteiger partial charge in [0.05, 0.1) is 6.54 Å². The first-order chi connectivity index (χ1) is 9.72. The molecule has 1 aromatic rings. The fourth-order valence-electron chi connectivity index (χ4n) is 1.71. The van der Waals surface area contributed by atoms with Gasteiger partial charge in [-0.05, 0) is 24.6 Å². The van der Waals surface area contributed by atoms with Crippen molar-refractivity contribution in [3.8, 4) is 11.5 Å². The number of aromatic hydroxyl groups is 2. The molecule has 0 aromatic heterocycles. The molecule has 0 saturated heterocycles. The molecule has 0 bridgehead atoms. The zero-order valence-corrected chi connectivity index (χ0v) is 13.3. The Morgan fingerprint density at radius 1 is 1.32 bits per heavy atom. The maximum Gasteiger partial charge on any atom is 0.326 e. The van der Waals surface area contributed by atoms with Gasteiger partial charge in [-0.25, -0.2) is 0 Å². The highest BCUT2D eigenvalue weighted by atomic mass is 35.5. The van der Waals surface area contributed by atoms with Crippen molar-refractivity contribution in [1.82, 2.24) is 5.32 Å². The Morgan fingerprint density at radius 3 is 2.50 bits per heavy atom. The number of amides is 1. The molecule has 1 rings (SSSR count). The number of hydrogen-bond donors (Lipinski definition) is 4. The maximum absolute atomic E-state index is 11.9. The van der Waals surface area contributed by atoms with E-state index in [1.165, 1.54) is 26.0 Å². The van der Waals surface area contributed by atoms with E-state index in [0.717, 1.165) is 0 Å². The molecule has 7 nitrogen and oxygen atoms in total. The van der Waals surface area contributed by atoms with Gasteiger partial charge in [-0.15, -0.1) is 12.4 Å². The number of ether oxygens (including phenoxy) is 1. The third kappa shape index (κ3) is 6.19. The average molecular weight is 333 g/mol. The van der Waals surface area contributed by atoms with Crippen molar-refractivity contribution < 1.29 is 24.5 Å². The Morgan fingerprint density at radius 2 is 1.95 bits per heavy atom. The highest BCUT2D eigenvalue weighted by molar-refractivity contribution is 5.85. The van der Waals surface area contributed by atoms with Crippen LogP contribution in [0.4, 0.5) is 0 Å². The van der Waals surface area contributed by atoms with Crippen molar-refractivity contribution in [2.24, 2.45) is 5.73 Å². The zero-order valence-electron chi connectivity index (χ0n) is 12.5. The molecule has 1 amide bonds. The van der Waals surface area contributed by atoms with E-state index in [9.17, 15) is 19.8 Å². The van der Waals surface area contributed by atoms with Gasteiger partial charge in [0.25, 0.3) is 0 Å². The normalized spacial score (nSPS) is 12.7. The van der Waals surface area contributed by atoms with Gasteiger partial charge in [-0.3, -0.25) is 9.59 Å². The Balaban J connectivity index is 0.00000441. The van der Waals surface area contributed by atoms with Crippen LogP contribution in [0.2, 0.25) is 0 Å². The number of esters is 1. The summed E-state index contributed by atoms with van der Waals surface area (Å²) in [6.45, 7) is 3.13. The minimum atomic E-state index is -1.28. The monoisotopic (exact) mass is 332 g/mol. The van der Waals surface area contributed by atoms with Crippen LogP contribution >= 0.6 is 12.4 Å². The maximum atomic E-state index is 11.9. The number of halogens is 1. The lowest BCUT2D eigenvalue weighted by Gasteiger charge is -2.22. The van der Waals surface area contributed by atoms with Crippen LogP contribution in [0.15, 0.2) is 18.2 Å². The molecule has 1 atom stereocenters. The summed E-state index contributed by atoms with van der Waals surface area (Å²) in [5.74, 6) is -1.33. The Bertz CT molecular complexity index is 534. The molecular weight excluding hydrogens is 312 g/mol. The molecule has 0 aliphatic heterocycles. The third-order valence-electron chi connectivity index (χ3n) is 2.79. The predicted molar refractivity (Wildman–Crippen MR) is 83.0 cm³/mol. The van der Waals surface area contributed by atoms with E-state index in [4.69, 9.17) is 10.5 Å². The number of hydrogen-bond acceptors (Lipinski definition) is 6. The van der Waals surface area contributed by atoms with Gasteiger partial charge >= 0.3 is 5.97 Å². The molecule has 0 saturated carbocycles. The molecule has 0 fully saturated rings. The van der Waals surface area contributed by atoms with Gasteiger partial charge < -0.3 is 26.0 Å². The second kappa shape index (κ2) is 8.45. The average Bonchev–Trinajstić information content (AvgIpc) is 2.38. The minimum absolute atomic E-state index is 0. The SMILES string of the molecule is CC(=O)NCCOC(=O)[C@@](C)(N)Cc1ccc(O)c(O)c1.Cl. The summed E-state index contributed by atoms with van der Waals surface area (Å²) in [6.07, 6.45) is 0.139. The molecule has 0 aliphatic rings. The van der Waals surface area contributed by atoms with E-state index < -0.39 is 11.5 Å². The number of phenolic OH excluding ortho intramolecular Hbond substituents is 2. The van der Waals surface area contributed by atoms with Gasteiger partial charge in [-0.1, -0.05) is 6.07 Å². The van der Waals surface area contributed by atoms with E-state index in [0.29, 0.717) is 5.56 Å². The number of nitrogens with two attached hydrogens (primary N) is 1. The van der Waals surface area contributed by atoms with Gasteiger partial charge in [0.15, 0.2) is 11.5 Å². The van der Waals surface area contributed by atoms with E-state index in [2.05, 4.69) is 5.32 Å². The standard InChI is InChI=1S/C14H20N2O5.ClH/c1-9(17)16-5-6-21-13(20)14(2,15)8-10-3-4-11(18)12(19)7-10;/h3-4,7,18-19H,5-6,8,15H2,1-2H3,(H,16,17);1H/t14-;/m0./s1. The molecule has 0 aliphatic carbocycles. The van der Waals surface area contributed by atoms with Crippen LogP contribution in [0.25, 0.3) is 0 Å². The summed E-state index contributed by atoms with van der Waals surface area (Å²) in [4.78, 5) is 22.6. The van der Waals surface area contributed by atoms with Crippen LogP contribution in [0.5, 0.6) is 11.5 Å². The predicted octanol–water partition coefficient (Wildman–Crippen LogP) is 0.459. The van der Waals surface area contributed by atoms with Gasteiger partial charge in [-0.2, -0.15) is 0 Å². The summed E-state index contributed by atoms with van der Waals surface area (Å²) >= 11 is 0. The van der Waals surface area contributed by atoms with E-state index in [1.54, 1.807) is 6.07 Å². The molecule has 1 aromatic carbocycles. The largest absolute Gasteiger partial charge is 0.504 e. The molecule has 8 heteroatoms. The van der Waals surface area contributed by atoms with E-state index >= 15 is 0 Å². The molecule has 22 heavy (non-hydrogen) atoms. The fourth-order valence-corrected chi connectivity index (χ4v) is 1.71. The van der Waals surface area contributed by atoms with Gasteiger partial charge in [0, 0.05) is 13.3 Å². The quantitative estimate of drug-likeness (QED) is 0.341. The van der Waals surface area contributed by atoms with Crippen LogP contribution < -0.4 is 11.1 Å². The second-order valence-electron chi connectivity index (χ2n) is 5.04. The second-order valence-corrected chi connectivity index (χ2v) is 5.04. The minimum Gasteiger partial charge on any atom is -0.504 e.